The second kappa shape index (κ2) is 4.60. The van der Waals surface area contributed by atoms with Gasteiger partial charge in [-0.2, -0.15) is 5.10 Å². The van der Waals surface area contributed by atoms with Gasteiger partial charge in [-0.15, -0.1) is 0 Å². The van der Waals surface area contributed by atoms with Crippen LogP contribution in [0.1, 0.15) is 12.0 Å². The second-order valence-corrected chi connectivity index (χ2v) is 3.34. The van der Waals surface area contributed by atoms with Crippen LogP contribution in [0.3, 0.4) is 0 Å². The van der Waals surface area contributed by atoms with E-state index in [9.17, 15) is 4.79 Å². The molecule has 1 aromatic heterocycles. The lowest BCUT2D eigenvalue weighted by molar-refractivity contribution is 1.01. The maximum absolute atomic E-state index is 11.4. The van der Waals surface area contributed by atoms with Crippen molar-refractivity contribution in [1.29, 1.82) is 0 Å². The molecule has 4 heteroatoms. The fourth-order valence-electron chi connectivity index (χ4n) is 1.41. The Morgan fingerprint density at radius 1 is 1.44 bits per heavy atom. The number of rotatable bonds is 1. The maximum atomic E-state index is 11.4. The lowest BCUT2D eigenvalue weighted by Gasteiger charge is -1.95. The minimum absolute atomic E-state index is 0.182. The summed E-state index contributed by atoms with van der Waals surface area (Å²) in [7, 11) is 0. The van der Waals surface area contributed by atoms with Gasteiger partial charge in [0.15, 0.2) is 0 Å². The third kappa shape index (κ3) is 2.10. The van der Waals surface area contributed by atoms with Crippen LogP contribution in [0, 0.1) is 11.8 Å². The first-order valence-corrected chi connectivity index (χ1v) is 4.97. The minimum atomic E-state index is -0.182. The van der Waals surface area contributed by atoms with Crippen LogP contribution < -0.4 is 11.3 Å². The van der Waals surface area contributed by atoms with Crippen LogP contribution in [0.5, 0.6) is 0 Å². The molecule has 16 heavy (non-hydrogen) atoms. The highest BCUT2D eigenvalue weighted by Gasteiger charge is 1.98. The molecular formula is C12H11N3O. The Kier molecular flexibility index (Phi) is 2.99. The van der Waals surface area contributed by atoms with E-state index in [-0.39, 0.29) is 5.56 Å². The number of aromatic amines is 1. The molecule has 0 atom stereocenters. The molecule has 0 aliphatic rings. The van der Waals surface area contributed by atoms with Gasteiger partial charge < -0.3 is 5.73 Å². The molecule has 0 unspecified atom stereocenters. The monoisotopic (exact) mass is 213 g/mol. The van der Waals surface area contributed by atoms with E-state index in [0.717, 1.165) is 10.9 Å². The number of H-pyrrole nitrogens is 1. The molecule has 3 N–H and O–H groups in total. The average molecular weight is 213 g/mol. The van der Waals surface area contributed by atoms with Crippen LogP contribution in [0.2, 0.25) is 0 Å². The summed E-state index contributed by atoms with van der Waals surface area (Å²) >= 11 is 0. The molecule has 2 rings (SSSR count). The summed E-state index contributed by atoms with van der Waals surface area (Å²) < 4.78 is 0. The van der Waals surface area contributed by atoms with Gasteiger partial charge in [0.1, 0.15) is 0 Å². The van der Waals surface area contributed by atoms with Crippen LogP contribution in [0.4, 0.5) is 0 Å². The van der Waals surface area contributed by atoms with E-state index < -0.39 is 0 Å². The topological polar surface area (TPSA) is 71.8 Å². The number of hydrogen-bond acceptors (Lipinski definition) is 3. The Morgan fingerprint density at radius 3 is 3.12 bits per heavy atom. The molecular weight excluding hydrogens is 202 g/mol. The van der Waals surface area contributed by atoms with Crippen molar-refractivity contribution in [2.75, 3.05) is 6.54 Å². The minimum Gasteiger partial charge on any atom is -0.330 e. The first kappa shape index (κ1) is 10.4. The molecule has 0 aliphatic heterocycles. The summed E-state index contributed by atoms with van der Waals surface area (Å²) in [5.74, 6) is 5.94. The van der Waals surface area contributed by atoms with Crippen molar-refractivity contribution >= 4 is 10.8 Å². The maximum Gasteiger partial charge on any atom is 0.272 e. The van der Waals surface area contributed by atoms with E-state index in [1.165, 1.54) is 0 Å². The molecule has 2 aromatic rings. The molecule has 0 amide bonds. The Bertz CT molecular complexity index is 619. The predicted octanol–water partition coefficient (Wildman–Crippen LogP) is 0.623. The largest absolute Gasteiger partial charge is 0.330 e. The first-order chi connectivity index (χ1) is 7.81. The van der Waals surface area contributed by atoms with Crippen molar-refractivity contribution in [3.8, 4) is 11.8 Å². The van der Waals surface area contributed by atoms with Crippen LogP contribution in [-0.2, 0) is 0 Å². The third-order valence-corrected chi connectivity index (χ3v) is 2.17. The smallest absolute Gasteiger partial charge is 0.272 e. The number of fused-ring (bicyclic) bond motifs is 1. The zero-order valence-electron chi connectivity index (χ0n) is 8.66. The van der Waals surface area contributed by atoms with E-state index in [1.54, 1.807) is 12.3 Å². The highest BCUT2D eigenvalue weighted by Crippen LogP contribution is 2.09. The Hall–Kier alpha value is -2.12. The molecule has 4 nitrogen and oxygen atoms in total. The second-order valence-electron chi connectivity index (χ2n) is 3.34. The van der Waals surface area contributed by atoms with Crippen molar-refractivity contribution in [3.63, 3.8) is 0 Å². The van der Waals surface area contributed by atoms with Crippen molar-refractivity contribution in [1.82, 2.24) is 10.2 Å². The van der Waals surface area contributed by atoms with Crippen molar-refractivity contribution in [2.24, 2.45) is 5.73 Å². The zero-order valence-corrected chi connectivity index (χ0v) is 8.66. The zero-order chi connectivity index (χ0) is 11.4. The predicted molar refractivity (Wildman–Crippen MR) is 62.9 cm³/mol. The Morgan fingerprint density at radius 2 is 2.31 bits per heavy atom. The highest BCUT2D eigenvalue weighted by atomic mass is 16.1. The molecule has 0 radical (unpaired) electrons. The summed E-state index contributed by atoms with van der Waals surface area (Å²) in [5, 5.41) is 7.55. The van der Waals surface area contributed by atoms with Crippen LogP contribution in [0.15, 0.2) is 29.2 Å². The van der Waals surface area contributed by atoms with Crippen LogP contribution >= 0.6 is 0 Å². The normalized spacial score (nSPS) is 9.81. The van der Waals surface area contributed by atoms with Gasteiger partial charge >= 0.3 is 0 Å². The third-order valence-electron chi connectivity index (χ3n) is 2.17. The Balaban J connectivity index is 2.46. The highest BCUT2D eigenvalue weighted by molar-refractivity contribution is 5.81. The molecule has 0 saturated heterocycles. The standard InChI is InChI=1S/C12H11N3O/c13-6-2-1-3-9-4-5-11-10(7-9)8-14-15-12(11)16/h4-5,7-8H,2,6,13H2,(H,15,16). The molecule has 0 fully saturated rings. The van der Waals surface area contributed by atoms with E-state index in [1.807, 2.05) is 12.1 Å². The quantitative estimate of drug-likeness (QED) is 0.682. The summed E-state index contributed by atoms with van der Waals surface area (Å²) in [6, 6.07) is 5.42. The van der Waals surface area contributed by atoms with Gasteiger partial charge in [0, 0.05) is 23.9 Å². The van der Waals surface area contributed by atoms with Crippen molar-refractivity contribution in [2.45, 2.75) is 6.42 Å². The summed E-state index contributed by atoms with van der Waals surface area (Å²) in [6.07, 6.45) is 2.29. The summed E-state index contributed by atoms with van der Waals surface area (Å²) in [6.45, 7) is 0.557. The van der Waals surface area contributed by atoms with Gasteiger partial charge in [0.2, 0.25) is 0 Å². The van der Waals surface area contributed by atoms with Crippen LogP contribution in [-0.4, -0.2) is 16.7 Å². The van der Waals surface area contributed by atoms with Crippen molar-refractivity contribution < 1.29 is 0 Å². The molecule has 1 heterocycles. The molecule has 0 bridgehead atoms. The van der Waals surface area contributed by atoms with E-state index in [4.69, 9.17) is 5.73 Å². The van der Waals surface area contributed by atoms with E-state index in [2.05, 4.69) is 22.0 Å². The summed E-state index contributed by atoms with van der Waals surface area (Å²) in [5.41, 5.74) is 6.03. The van der Waals surface area contributed by atoms with Crippen LogP contribution in [0.25, 0.3) is 10.8 Å². The van der Waals surface area contributed by atoms with Gasteiger partial charge in [-0.25, -0.2) is 5.10 Å². The van der Waals surface area contributed by atoms with Gasteiger partial charge in [0.25, 0.3) is 5.56 Å². The van der Waals surface area contributed by atoms with Crippen molar-refractivity contribution in [3.05, 3.63) is 40.3 Å². The molecule has 0 spiro atoms. The number of aromatic nitrogens is 2. The van der Waals surface area contributed by atoms with Gasteiger partial charge in [-0.3, -0.25) is 4.79 Å². The number of nitrogens with one attached hydrogen (secondary N) is 1. The first-order valence-electron chi connectivity index (χ1n) is 4.97. The number of nitrogens with zero attached hydrogens (tertiary/aromatic N) is 1. The van der Waals surface area contributed by atoms with Gasteiger partial charge in [-0.05, 0) is 18.2 Å². The lowest BCUT2D eigenvalue weighted by atomic mass is 10.1. The summed E-state index contributed by atoms with van der Waals surface area (Å²) in [4.78, 5) is 11.4. The van der Waals surface area contributed by atoms with E-state index in [0.29, 0.717) is 18.4 Å². The molecule has 80 valence electrons. The van der Waals surface area contributed by atoms with Gasteiger partial charge in [0.05, 0.1) is 11.6 Å². The number of hydrogen-bond donors (Lipinski definition) is 2. The fraction of sp³-hybridized carbons (Fsp3) is 0.167. The molecule has 1 aromatic carbocycles. The molecule has 0 saturated carbocycles. The Labute approximate surface area is 92.5 Å². The van der Waals surface area contributed by atoms with E-state index >= 15 is 0 Å². The average Bonchev–Trinajstić information content (AvgIpc) is 2.30. The number of nitrogens with two attached hydrogens (primary N) is 1. The molecule has 0 aliphatic carbocycles. The number of benzene rings is 1. The van der Waals surface area contributed by atoms with Gasteiger partial charge in [-0.1, -0.05) is 11.8 Å². The SMILES string of the molecule is NCCC#Cc1ccc2c(=O)[nH]ncc2c1. The lowest BCUT2D eigenvalue weighted by Crippen LogP contribution is -2.07. The fourth-order valence-corrected chi connectivity index (χ4v) is 1.41.